The van der Waals surface area contributed by atoms with Crippen molar-refractivity contribution in [3.05, 3.63) is 87.0 Å². The summed E-state index contributed by atoms with van der Waals surface area (Å²) in [5.74, 6) is -1.24. The number of hydrogen-bond acceptors (Lipinski definition) is 8. The Morgan fingerprint density at radius 2 is 1.77 bits per heavy atom. The highest BCUT2D eigenvalue weighted by Crippen LogP contribution is 2.43. The van der Waals surface area contributed by atoms with E-state index in [0.29, 0.717) is 17.7 Å². The summed E-state index contributed by atoms with van der Waals surface area (Å²) in [7, 11) is 7.55. The predicted octanol–water partition coefficient (Wildman–Crippen LogP) is 1.16. The minimum Gasteiger partial charge on any atom is -1.00 e. The number of carbonyl (C=O) groups excluding carboxylic acids is 2. The van der Waals surface area contributed by atoms with Gasteiger partial charge in [0.05, 0.1) is 64.1 Å². The number of alkyl halides is 3. The van der Waals surface area contributed by atoms with Gasteiger partial charge in [-0.05, 0) is 68.6 Å². The number of ether oxygens (including phenoxy) is 1. The Balaban J connectivity index is 0.00000625. The predicted molar refractivity (Wildman–Crippen MR) is 169 cm³/mol. The van der Waals surface area contributed by atoms with Crippen molar-refractivity contribution in [2.75, 3.05) is 52.8 Å². The van der Waals surface area contributed by atoms with Gasteiger partial charge < -0.3 is 26.9 Å². The first kappa shape index (κ1) is 38.0. The summed E-state index contributed by atoms with van der Waals surface area (Å²) in [5, 5.41) is 16.8. The van der Waals surface area contributed by atoms with Crippen LogP contribution in [0.2, 0.25) is 0 Å². The van der Waals surface area contributed by atoms with Gasteiger partial charge in [0.25, 0.3) is 0 Å². The van der Waals surface area contributed by atoms with Crippen LogP contribution in [0.15, 0.2) is 64.6 Å². The highest BCUT2D eigenvalue weighted by molar-refractivity contribution is 5.93. The van der Waals surface area contributed by atoms with Crippen molar-refractivity contribution < 1.29 is 44.4 Å². The van der Waals surface area contributed by atoms with Gasteiger partial charge in [-0.3, -0.25) is 9.69 Å². The van der Waals surface area contributed by atoms with Gasteiger partial charge in [-0.2, -0.15) is 18.4 Å². The number of aromatic nitrogens is 3. The highest BCUT2D eigenvalue weighted by Gasteiger charge is 2.41. The molecule has 3 aromatic rings. The number of esters is 1. The number of methoxy groups -OCH3 is 1. The average Bonchev–Trinajstić information content (AvgIpc) is 3.33. The number of nitrogens with one attached hydrogen (secondary N) is 1. The summed E-state index contributed by atoms with van der Waals surface area (Å²) in [6, 6.07) is 11.5. The lowest BCUT2D eigenvalue weighted by Gasteiger charge is -2.35. The molecule has 0 saturated carbocycles. The largest absolute Gasteiger partial charge is 1.00 e. The highest BCUT2D eigenvalue weighted by atomic mass is 35.5. The molecule has 48 heavy (non-hydrogen) atoms. The van der Waals surface area contributed by atoms with Crippen molar-refractivity contribution in [2.45, 2.75) is 44.9 Å². The van der Waals surface area contributed by atoms with E-state index in [1.165, 1.54) is 36.1 Å². The lowest BCUT2D eigenvalue weighted by Crippen LogP contribution is -3.00. The average molecular weight is 690 g/mol. The molecule has 0 bridgehead atoms. The van der Waals surface area contributed by atoms with Crippen LogP contribution in [-0.4, -0.2) is 78.5 Å². The maximum absolute atomic E-state index is 14.0. The molecule has 0 saturated heterocycles. The summed E-state index contributed by atoms with van der Waals surface area (Å²) in [5.41, 5.74) is -0.791. The number of hydrogen-bond donors (Lipinski definition) is 1. The monoisotopic (exact) mass is 689 g/mol. The van der Waals surface area contributed by atoms with Crippen LogP contribution in [0.3, 0.4) is 0 Å². The van der Waals surface area contributed by atoms with E-state index in [1.807, 2.05) is 6.07 Å². The molecule has 0 fully saturated rings. The zero-order chi connectivity index (χ0) is 34.5. The summed E-state index contributed by atoms with van der Waals surface area (Å²) in [6.45, 7) is 2.76. The molecule has 4 rings (SSSR count). The third kappa shape index (κ3) is 8.71. The van der Waals surface area contributed by atoms with E-state index >= 15 is 0 Å². The van der Waals surface area contributed by atoms with Gasteiger partial charge >= 0.3 is 17.8 Å². The lowest BCUT2D eigenvalue weighted by molar-refractivity contribution is -0.870. The van der Waals surface area contributed by atoms with Gasteiger partial charge in [0.15, 0.2) is 5.78 Å². The van der Waals surface area contributed by atoms with Crippen molar-refractivity contribution in [2.24, 2.45) is 0 Å². The minimum absolute atomic E-state index is 0. The second kappa shape index (κ2) is 15.6. The molecule has 1 aliphatic heterocycles. The van der Waals surface area contributed by atoms with Crippen molar-refractivity contribution in [1.29, 1.82) is 5.26 Å². The molecule has 0 aliphatic carbocycles. The number of anilines is 2. The van der Waals surface area contributed by atoms with Crippen LogP contribution in [0.1, 0.15) is 48.9 Å². The van der Waals surface area contributed by atoms with Gasteiger partial charge in [-0.1, -0.05) is 18.2 Å². The first-order chi connectivity index (χ1) is 22.2. The standard InChI is InChI=1S/C33H39F3N7O4.ClH/c1-22-28(30(45)47-5)29(24-14-12-23(19-37)13-15-24)42-31(41(22)26-11-9-10-25(18-26)33(34,35)36)39-40(32(42)46)21-27(44)20-38-16-7-6-8-17-43(2,3)4;/h9-15,18,29,38H,6-8,16-17,20-21H2,1-5H3;1H/q+1;/p-1/t29-;/m1./s1. The number of Topliss-reactive ketones (excluding diaryl/α,β-unsaturated/α-hetero) is 1. The Morgan fingerprint density at radius 1 is 1.08 bits per heavy atom. The van der Waals surface area contributed by atoms with Crippen LogP contribution in [0.5, 0.6) is 0 Å². The van der Waals surface area contributed by atoms with Crippen LogP contribution in [0.25, 0.3) is 0 Å². The van der Waals surface area contributed by atoms with Crippen LogP contribution >= 0.6 is 0 Å². The lowest BCUT2D eigenvalue weighted by atomic mass is 9.93. The number of allylic oxidation sites excluding steroid dienone is 1. The first-order valence-electron chi connectivity index (χ1n) is 15.1. The number of benzene rings is 2. The quantitative estimate of drug-likeness (QED) is 0.161. The number of fused-ring (bicyclic) bond motifs is 1. The zero-order valence-corrected chi connectivity index (χ0v) is 28.2. The molecule has 0 unspecified atom stereocenters. The molecule has 11 nitrogen and oxygen atoms in total. The second-order valence-corrected chi connectivity index (χ2v) is 12.4. The second-order valence-electron chi connectivity index (χ2n) is 12.4. The smallest absolute Gasteiger partial charge is 0.416 e. The van der Waals surface area contributed by atoms with Crippen molar-refractivity contribution >= 4 is 23.4 Å². The van der Waals surface area contributed by atoms with Gasteiger partial charge in [0.2, 0.25) is 5.95 Å². The molecule has 258 valence electrons. The number of carbonyl (C=O) groups is 2. The molecule has 0 spiro atoms. The van der Waals surface area contributed by atoms with Crippen LogP contribution in [0, 0.1) is 11.3 Å². The van der Waals surface area contributed by atoms with Crippen molar-refractivity contribution in [3.8, 4) is 6.07 Å². The van der Waals surface area contributed by atoms with Crippen molar-refractivity contribution in [3.63, 3.8) is 0 Å². The number of halogens is 4. The Bertz CT molecular complexity index is 1750. The number of nitrogens with zero attached hydrogens (tertiary/aromatic N) is 6. The fourth-order valence-electron chi connectivity index (χ4n) is 5.51. The van der Waals surface area contributed by atoms with Gasteiger partial charge in [-0.25, -0.2) is 18.8 Å². The van der Waals surface area contributed by atoms with Crippen LogP contribution < -0.4 is 28.3 Å². The van der Waals surface area contributed by atoms with Gasteiger partial charge in [-0.15, -0.1) is 5.10 Å². The number of nitriles is 1. The minimum atomic E-state index is -4.66. The third-order valence-corrected chi connectivity index (χ3v) is 7.83. The molecular formula is C33H39ClF3N7O4. The molecule has 0 amide bonds. The third-order valence-electron chi connectivity index (χ3n) is 7.83. The fraction of sp³-hybridized carbons (Fsp3) is 0.424. The number of rotatable bonds is 13. The molecule has 1 N–H and O–H groups in total. The van der Waals surface area contributed by atoms with E-state index in [2.05, 4.69) is 31.6 Å². The Kier molecular flexibility index (Phi) is 12.4. The molecule has 15 heteroatoms. The normalized spacial score (nSPS) is 14.6. The van der Waals surface area contributed by atoms with Crippen LogP contribution in [-0.2, 0) is 27.0 Å². The van der Waals surface area contributed by atoms with E-state index in [-0.39, 0.29) is 47.6 Å². The topological polar surface area (TPSA) is 122 Å². The van der Waals surface area contributed by atoms with Gasteiger partial charge in [0.1, 0.15) is 12.6 Å². The maximum Gasteiger partial charge on any atom is 0.416 e. The van der Waals surface area contributed by atoms with E-state index in [4.69, 9.17) is 4.74 Å². The van der Waals surface area contributed by atoms with Crippen molar-refractivity contribution in [1.82, 2.24) is 19.7 Å². The molecule has 1 atom stereocenters. The summed E-state index contributed by atoms with van der Waals surface area (Å²) in [4.78, 5) is 41.6. The molecule has 2 aromatic carbocycles. The number of quaternary nitrogens is 1. The molecule has 1 aromatic heterocycles. The zero-order valence-electron chi connectivity index (χ0n) is 27.5. The summed E-state index contributed by atoms with van der Waals surface area (Å²) < 4.78 is 49.3. The van der Waals surface area contributed by atoms with Gasteiger partial charge in [0, 0.05) is 11.4 Å². The number of unbranched alkanes of at least 4 members (excludes halogenated alkanes) is 2. The van der Waals surface area contributed by atoms with E-state index < -0.39 is 36.0 Å². The van der Waals surface area contributed by atoms with E-state index in [9.17, 15) is 32.8 Å². The SMILES string of the molecule is COC(=O)C1=C(C)N(c2cccc(C(F)(F)F)c2)c2nn(CC(=O)CNCCCCC[N+](C)(C)C)c(=O)n2[C@@H]1c1ccc(C#N)cc1.[Cl-]. The Labute approximate surface area is 283 Å². The Morgan fingerprint density at radius 3 is 2.38 bits per heavy atom. The molecule has 2 heterocycles. The van der Waals surface area contributed by atoms with E-state index in [1.54, 1.807) is 12.1 Å². The fourth-order valence-corrected chi connectivity index (χ4v) is 5.51. The Hall–Kier alpha value is -4.45. The summed E-state index contributed by atoms with van der Waals surface area (Å²) >= 11 is 0. The molecule has 1 aliphatic rings. The maximum atomic E-state index is 14.0. The first-order valence-corrected chi connectivity index (χ1v) is 15.1. The van der Waals surface area contributed by atoms with E-state index in [0.717, 1.165) is 58.8 Å². The number of ketones is 1. The molecule has 0 radical (unpaired) electrons. The van der Waals surface area contributed by atoms with Crippen LogP contribution in [0.4, 0.5) is 24.8 Å². The summed E-state index contributed by atoms with van der Waals surface area (Å²) in [6.07, 6.45) is -1.73. The molecular weight excluding hydrogens is 651 g/mol.